The standard InChI is InChI=1S/C12H11N3O/c1-15-5-4-8-2-3-9(6-11(8)15)10-7-14-16-12(10)13/h2-7H,13H2,1H3. The van der Waals surface area contributed by atoms with Gasteiger partial charge in [-0.15, -0.1) is 0 Å². The van der Waals surface area contributed by atoms with E-state index in [1.807, 2.05) is 19.3 Å². The molecule has 0 fully saturated rings. The Balaban J connectivity index is 2.25. The predicted octanol–water partition coefficient (Wildman–Crippen LogP) is 2.42. The van der Waals surface area contributed by atoms with E-state index in [1.165, 1.54) is 5.39 Å². The number of aromatic nitrogens is 2. The van der Waals surface area contributed by atoms with Crippen LogP contribution in [0.3, 0.4) is 0 Å². The van der Waals surface area contributed by atoms with Gasteiger partial charge in [0.25, 0.3) is 0 Å². The third-order valence-corrected chi connectivity index (χ3v) is 2.80. The van der Waals surface area contributed by atoms with Crippen molar-refractivity contribution in [2.45, 2.75) is 0 Å². The van der Waals surface area contributed by atoms with Gasteiger partial charge in [-0.05, 0) is 23.1 Å². The van der Waals surface area contributed by atoms with E-state index < -0.39 is 0 Å². The van der Waals surface area contributed by atoms with Crippen molar-refractivity contribution < 1.29 is 4.52 Å². The first kappa shape index (κ1) is 9.03. The topological polar surface area (TPSA) is 57.0 Å². The molecule has 0 spiro atoms. The molecule has 0 aliphatic heterocycles. The molecule has 2 heterocycles. The number of rotatable bonds is 1. The lowest BCUT2D eigenvalue weighted by Crippen LogP contribution is -1.87. The van der Waals surface area contributed by atoms with Crippen molar-refractivity contribution in [1.82, 2.24) is 9.72 Å². The fourth-order valence-corrected chi connectivity index (χ4v) is 1.90. The molecule has 0 amide bonds. The van der Waals surface area contributed by atoms with Gasteiger partial charge < -0.3 is 14.8 Å². The molecule has 1 aromatic carbocycles. The van der Waals surface area contributed by atoms with Gasteiger partial charge in [0, 0.05) is 18.8 Å². The van der Waals surface area contributed by atoms with Gasteiger partial charge in [0.1, 0.15) is 0 Å². The van der Waals surface area contributed by atoms with Crippen LogP contribution < -0.4 is 5.73 Å². The minimum absolute atomic E-state index is 0.355. The number of hydrogen-bond acceptors (Lipinski definition) is 3. The van der Waals surface area contributed by atoms with Gasteiger partial charge in [-0.3, -0.25) is 0 Å². The van der Waals surface area contributed by atoms with Crippen LogP contribution in [0.2, 0.25) is 0 Å². The van der Waals surface area contributed by atoms with Gasteiger partial charge in [-0.2, -0.15) is 0 Å². The van der Waals surface area contributed by atoms with E-state index in [0.29, 0.717) is 5.88 Å². The smallest absolute Gasteiger partial charge is 0.229 e. The minimum Gasteiger partial charge on any atom is -0.367 e. The molecule has 0 atom stereocenters. The Hall–Kier alpha value is -2.23. The zero-order valence-corrected chi connectivity index (χ0v) is 8.84. The van der Waals surface area contributed by atoms with Crippen LogP contribution in [0.15, 0.2) is 41.2 Å². The number of aryl methyl sites for hydroxylation is 1. The molecule has 0 saturated heterocycles. The zero-order chi connectivity index (χ0) is 11.1. The van der Waals surface area contributed by atoms with E-state index in [-0.39, 0.29) is 0 Å². The summed E-state index contributed by atoms with van der Waals surface area (Å²) < 4.78 is 6.94. The van der Waals surface area contributed by atoms with E-state index in [1.54, 1.807) is 6.20 Å². The maximum absolute atomic E-state index is 5.69. The van der Waals surface area contributed by atoms with Crippen molar-refractivity contribution in [1.29, 1.82) is 0 Å². The number of fused-ring (bicyclic) bond motifs is 1. The normalized spacial score (nSPS) is 11.1. The van der Waals surface area contributed by atoms with Crippen LogP contribution in [-0.2, 0) is 7.05 Å². The third kappa shape index (κ3) is 1.20. The summed E-state index contributed by atoms with van der Waals surface area (Å²) in [5.41, 5.74) is 8.72. The number of anilines is 1. The lowest BCUT2D eigenvalue weighted by atomic mass is 10.1. The molecule has 16 heavy (non-hydrogen) atoms. The summed E-state index contributed by atoms with van der Waals surface area (Å²) in [6.07, 6.45) is 3.67. The number of nitrogens with zero attached hydrogens (tertiary/aromatic N) is 2. The molecule has 3 aromatic rings. The van der Waals surface area contributed by atoms with Crippen LogP contribution in [0, 0.1) is 0 Å². The fraction of sp³-hybridized carbons (Fsp3) is 0.0833. The zero-order valence-electron chi connectivity index (χ0n) is 8.84. The molecule has 0 aliphatic carbocycles. The summed E-state index contributed by atoms with van der Waals surface area (Å²) in [5, 5.41) is 4.89. The van der Waals surface area contributed by atoms with E-state index in [4.69, 9.17) is 10.3 Å². The second kappa shape index (κ2) is 3.13. The Morgan fingerprint density at radius 3 is 2.94 bits per heavy atom. The van der Waals surface area contributed by atoms with Gasteiger partial charge in [0.2, 0.25) is 5.88 Å². The second-order valence-electron chi connectivity index (χ2n) is 3.80. The van der Waals surface area contributed by atoms with Gasteiger partial charge in [0.05, 0.1) is 11.8 Å². The number of hydrogen-bond donors (Lipinski definition) is 1. The van der Waals surface area contributed by atoms with Crippen LogP contribution in [-0.4, -0.2) is 9.72 Å². The lowest BCUT2D eigenvalue weighted by molar-refractivity contribution is 0.436. The molecule has 0 radical (unpaired) electrons. The molecular weight excluding hydrogens is 202 g/mol. The summed E-state index contributed by atoms with van der Waals surface area (Å²) in [7, 11) is 2.02. The van der Waals surface area contributed by atoms with Crippen molar-refractivity contribution in [3.05, 3.63) is 36.7 Å². The average Bonchev–Trinajstić information content (AvgIpc) is 2.86. The summed E-state index contributed by atoms with van der Waals surface area (Å²) in [4.78, 5) is 0. The van der Waals surface area contributed by atoms with Crippen LogP contribution in [0.5, 0.6) is 0 Å². The first-order valence-corrected chi connectivity index (χ1v) is 5.01. The van der Waals surface area contributed by atoms with Crippen molar-refractivity contribution in [3.8, 4) is 11.1 Å². The maximum atomic E-state index is 5.69. The average molecular weight is 213 g/mol. The van der Waals surface area contributed by atoms with E-state index in [2.05, 4.69) is 27.9 Å². The van der Waals surface area contributed by atoms with Gasteiger partial charge >= 0.3 is 0 Å². The molecule has 0 aliphatic rings. The fourth-order valence-electron chi connectivity index (χ4n) is 1.90. The minimum atomic E-state index is 0.355. The molecule has 3 rings (SSSR count). The highest BCUT2D eigenvalue weighted by molar-refractivity contribution is 5.86. The monoisotopic (exact) mass is 213 g/mol. The molecule has 2 aromatic heterocycles. The van der Waals surface area contributed by atoms with Crippen LogP contribution >= 0.6 is 0 Å². The highest BCUT2D eigenvalue weighted by atomic mass is 16.5. The summed E-state index contributed by atoms with van der Waals surface area (Å²) in [6, 6.07) is 8.25. The number of nitrogens with two attached hydrogens (primary N) is 1. The van der Waals surface area contributed by atoms with Crippen molar-refractivity contribution in [3.63, 3.8) is 0 Å². The Morgan fingerprint density at radius 2 is 2.19 bits per heavy atom. The van der Waals surface area contributed by atoms with Crippen LogP contribution in [0.4, 0.5) is 5.88 Å². The van der Waals surface area contributed by atoms with E-state index in [9.17, 15) is 0 Å². The molecule has 0 saturated carbocycles. The predicted molar refractivity (Wildman–Crippen MR) is 62.8 cm³/mol. The van der Waals surface area contributed by atoms with E-state index >= 15 is 0 Å². The number of benzene rings is 1. The second-order valence-corrected chi connectivity index (χ2v) is 3.80. The summed E-state index contributed by atoms with van der Waals surface area (Å²) in [6.45, 7) is 0. The first-order chi connectivity index (χ1) is 7.75. The molecule has 4 heteroatoms. The maximum Gasteiger partial charge on any atom is 0.229 e. The van der Waals surface area contributed by atoms with Gasteiger partial charge in [-0.1, -0.05) is 17.3 Å². The van der Waals surface area contributed by atoms with Crippen molar-refractivity contribution in [2.24, 2.45) is 7.05 Å². The quantitative estimate of drug-likeness (QED) is 0.675. The largest absolute Gasteiger partial charge is 0.367 e. The number of nitrogen functional groups attached to an aromatic ring is 1. The highest BCUT2D eigenvalue weighted by Crippen LogP contribution is 2.28. The molecule has 0 bridgehead atoms. The Morgan fingerprint density at radius 1 is 1.31 bits per heavy atom. The summed E-state index contributed by atoms with van der Waals surface area (Å²) in [5.74, 6) is 0.355. The molecular formula is C12H11N3O. The van der Waals surface area contributed by atoms with Gasteiger partial charge in [-0.25, -0.2) is 0 Å². The highest BCUT2D eigenvalue weighted by Gasteiger charge is 2.08. The van der Waals surface area contributed by atoms with Crippen molar-refractivity contribution >= 4 is 16.8 Å². The molecule has 2 N–H and O–H groups in total. The van der Waals surface area contributed by atoms with Crippen molar-refractivity contribution in [2.75, 3.05) is 5.73 Å². The SMILES string of the molecule is Cn1ccc2ccc(-c3cnoc3N)cc21. The molecule has 0 unspecified atom stereocenters. The van der Waals surface area contributed by atoms with E-state index in [0.717, 1.165) is 16.6 Å². The van der Waals surface area contributed by atoms with Crippen LogP contribution in [0.25, 0.3) is 22.0 Å². The van der Waals surface area contributed by atoms with Gasteiger partial charge in [0.15, 0.2) is 0 Å². The Labute approximate surface area is 92.3 Å². The summed E-state index contributed by atoms with van der Waals surface area (Å²) >= 11 is 0. The van der Waals surface area contributed by atoms with Crippen LogP contribution in [0.1, 0.15) is 0 Å². The third-order valence-electron chi connectivity index (χ3n) is 2.80. The molecule has 4 nitrogen and oxygen atoms in total. The molecule has 80 valence electrons. The first-order valence-electron chi connectivity index (χ1n) is 5.01. The lowest BCUT2D eigenvalue weighted by Gasteiger charge is -2.00. The Kier molecular flexibility index (Phi) is 1.77. The Bertz CT molecular complexity index is 651.